The highest BCUT2D eigenvalue weighted by Gasteiger charge is 2.42. The van der Waals surface area contributed by atoms with Gasteiger partial charge in [-0.3, -0.25) is 4.90 Å². The van der Waals surface area contributed by atoms with Crippen LogP contribution in [0.4, 0.5) is 35.7 Å². The summed E-state index contributed by atoms with van der Waals surface area (Å²) >= 11 is 0. The van der Waals surface area contributed by atoms with Gasteiger partial charge in [0.05, 0.1) is 25.5 Å². The van der Waals surface area contributed by atoms with Gasteiger partial charge >= 0.3 is 12.3 Å². The fourth-order valence-electron chi connectivity index (χ4n) is 3.67. The summed E-state index contributed by atoms with van der Waals surface area (Å²) in [6.45, 7) is 3.48. The third-order valence-electron chi connectivity index (χ3n) is 5.29. The van der Waals surface area contributed by atoms with Crippen LogP contribution in [-0.2, 0) is 20.4 Å². The molecule has 2 aromatic heterocycles. The van der Waals surface area contributed by atoms with E-state index in [-0.39, 0.29) is 24.1 Å². The van der Waals surface area contributed by atoms with Crippen LogP contribution in [0.3, 0.4) is 0 Å². The van der Waals surface area contributed by atoms with Gasteiger partial charge in [-0.2, -0.15) is 18.2 Å². The molecule has 4 heterocycles. The average Bonchev–Trinajstić information content (AvgIpc) is 3.06. The number of methoxy groups -OCH3 is 1. The topological polar surface area (TPSA) is 129 Å². The number of anilines is 3. The zero-order valence-electron chi connectivity index (χ0n) is 17.9. The van der Waals surface area contributed by atoms with Gasteiger partial charge < -0.3 is 24.8 Å². The minimum atomic E-state index is -4.81. The van der Waals surface area contributed by atoms with E-state index < -0.39 is 41.6 Å². The van der Waals surface area contributed by atoms with Gasteiger partial charge in [0, 0.05) is 38.0 Å². The number of carbonyl (C=O) groups excluding carboxylic acids is 1. The number of alkyl halides is 3. The number of amides is 1. The Hall–Kier alpha value is -3.26. The van der Waals surface area contributed by atoms with Crippen LogP contribution in [0.2, 0.25) is 0 Å². The summed E-state index contributed by atoms with van der Waals surface area (Å²) in [6, 6.07) is 0.739. The molecule has 0 saturated carbocycles. The van der Waals surface area contributed by atoms with Crippen molar-refractivity contribution in [1.29, 1.82) is 0 Å². The molecule has 1 amide bonds. The maximum absolute atomic E-state index is 13.7. The number of carbonyl (C=O) groups is 1. The van der Waals surface area contributed by atoms with Crippen LogP contribution in [0, 0.1) is 0 Å². The molecule has 2 atom stereocenters. The van der Waals surface area contributed by atoms with Crippen molar-refractivity contribution < 1.29 is 32.2 Å². The van der Waals surface area contributed by atoms with Crippen molar-refractivity contribution in [1.82, 2.24) is 19.9 Å². The van der Waals surface area contributed by atoms with Crippen molar-refractivity contribution in [2.24, 2.45) is 0 Å². The summed E-state index contributed by atoms with van der Waals surface area (Å²) < 4.78 is 57.0. The highest BCUT2D eigenvalue weighted by atomic mass is 19.4. The van der Waals surface area contributed by atoms with Crippen molar-refractivity contribution in [2.75, 3.05) is 55.6 Å². The fraction of sp³-hybridized carbons (Fsp3) is 0.526. The first-order chi connectivity index (χ1) is 15.7. The summed E-state index contributed by atoms with van der Waals surface area (Å²) in [6.07, 6.45) is -5.06. The van der Waals surface area contributed by atoms with Gasteiger partial charge in [-0.25, -0.2) is 19.7 Å². The maximum atomic E-state index is 13.7. The average molecular weight is 469 g/mol. The third-order valence-corrected chi connectivity index (χ3v) is 5.29. The smallest absolute Gasteiger partial charge is 0.434 e. The number of halogens is 3. The molecule has 33 heavy (non-hydrogen) atoms. The Kier molecular flexibility index (Phi) is 6.21. The molecule has 2 unspecified atom stereocenters. The predicted molar refractivity (Wildman–Crippen MR) is 110 cm³/mol. The van der Waals surface area contributed by atoms with Crippen molar-refractivity contribution in [3.63, 3.8) is 0 Å². The van der Waals surface area contributed by atoms with Crippen LogP contribution in [-0.4, -0.2) is 78.2 Å². The van der Waals surface area contributed by atoms with E-state index in [9.17, 15) is 18.0 Å². The molecule has 0 radical (unpaired) electrons. The molecule has 14 heteroatoms. The SMILES string of the molecule is COCC1C(C)OC(=O)N1c1cc(-c2cnc(N)nc2C(F)(F)F)nc(N2CCOCC2)n1. The van der Waals surface area contributed by atoms with Crippen molar-refractivity contribution >= 4 is 23.8 Å². The monoisotopic (exact) mass is 469 g/mol. The molecule has 0 bridgehead atoms. The maximum Gasteiger partial charge on any atom is 0.434 e. The summed E-state index contributed by atoms with van der Waals surface area (Å²) in [5.41, 5.74) is 3.66. The van der Waals surface area contributed by atoms with E-state index in [2.05, 4.69) is 19.9 Å². The second-order valence-corrected chi connectivity index (χ2v) is 7.48. The number of aromatic nitrogens is 4. The molecule has 2 aliphatic rings. The number of nitrogens with zero attached hydrogens (tertiary/aromatic N) is 6. The van der Waals surface area contributed by atoms with Gasteiger partial charge in [0.2, 0.25) is 11.9 Å². The lowest BCUT2D eigenvalue weighted by molar-refractivity contribution is -0.140. The van der Waals surface area contributed by atoms with E-state index in [4.69, 9.17) is 19.9 Å². The first-order valence-electron chi connectivity index (χ1n) is 10.1. The lowest BCUT2D eigenvalue weighted by Gasteiger charge is -2.29. The number of nitrogens with two attached hydrogens (primary N) is 1. The molecule has 2 aromatic rings. The molecule has 2 saturated heterocycles. The van der Waals surface area contributed by atoms with E-state index >= 15 is 0 Å². The molecular formula is C19H22F3N7O4. The van der Waals surface area contributed by atoms with E-state index in [1.807, 2.05) is 0 Å². The summed E-state index contributed by atoms with van der Waals surface area (Å²) in [5, 5.41) is 0. The molecule has 0 aromatic carbocycles. The first kappa shape index (κ1) is 22.9. The molecule has 0 aliphatic carbocycles. The summed E-state index contributed by atoms with van der Waals surface area (Å²) in [5.74, 6) is -0.312. The molecule has 0 spiro atoms. The first-order valence-corrected chi connectivity index (χ1v) is 10.1. The standard InChI is InChI=1S/C19H22F3N7O4/c1-10-13(9-31-2)29(18(30)33-10)14-7-12(25-17(26-14)28-3-5-32-6-4-28)11-8-24-16(23)27-15(11)19(20,21)22/h7-8,10,13H,3-6,9H2,1-2H3,(H2,23,24,27). The Labute approximate surface area is 186 Å². The fourth-order valence-corrected chi connectivity index (χ4v) is 3.67. The third kappa shape index (κ3) is 4.61. The van der Waals surface area contributed by atoms with Gasteiger partial charge in [0.25, 0.3) is 0 Å². The molecule has 2 aliphatic heterocycles. The molecule has 178 valence electrons. The number of nitrogen functional groups attached to an aromatic ring is 1. The number of hydrogen-bond donors (Lipinski definition) is 1. The Morgan fingerprint density at radius 2 is 1.97 bits per heavy atom. The van der Waals surface area contributed by atoms with Gasteiger partial charge in [0.15, 0.2) is 5.69 Å². The summed E-state index contributed by atoms with van der Waals surface area (Å²) in [7, 11) is 1.47. The van der Waals surface area contributed by atoms with Crippen LogP contribution in [0.5, 0.6) is 0 Å². The minimum absolute atomic E-state index is 0.0721. The lowest BCUT2D eigenvalue weighted by Crippen LogP contribution is -2.41. The van der Waals surface area contributed by atoms with Crippen molar-refractivity contribution in [2.45, 2.75) is 25.2 Å². The van der Waals surface area contributed by atoms with E-state index in [1.54, 1.807) is 11.8 Å². The molecule has 2 N–H and O–H groups in total. The highest BCUT2D eigenvalue weighted by molar-refractivity contribution is 5.90. The zero-order chi connectivity index (χ0) is 23.8. The molecule has 2 fully saturated rings. The number of hydrogen-bond acceptors (Lipinski definition) is 10. The number of morpholine rings is 1. The Morgan fingerprint density at radius 1 is 1.24 bits per heavy atom. The molecule has 11 nitrogen and oxygen atoms in total. The van der Waals surface area contributed by atoms with Crippen LogP contribution in [0.1, 0.15) is 12.6 Å². The Balaban J connectivity index is 1.88. The van der Waals surface area contributed by atoms with Crippen LogP contribution in [0.15, 0.2) is 12.3 Å². The van der Waals surface area contributed by atoms with Crippen molar-refractivity contribution in [3.8, 4) is 11.3 Å². The van der Waals surface area contributed by atoms with Crippen molar-refractivity contribution in [3.05, 3.63) is 18.0 Å². The van der Waals surface area contributed by atoms with E-state index in [0.29, 0.717) is 26.3 Å². The van der Waals surface area contributed by atoms with E-state index in [0.717, 1.165) is 6.20 Å². The normalized spacial score (nSPS) is 21.4. The quantitative estimate of drug-likeness (QED) is 0.691. The second kappa shape index (κ2) is 8.94. The Bertz CT molecular complexity index is 1030. The van der Waals surface area contributed by atoms with Gasteiger partial charge in [-0.15, -0.1) is 0 Å². The summed E-state index contributed by atoms with van der Waals surface area (Å²) in [4.78, 5) is 31.6. The number of rotatable bonds is 5. The lowest BCUT2D eigenvalue weighted by atomic mass is 10.1. The van der Waals surface area contributed by atoms with Gasteiger partial charge in [-0.05, 0) is 6.92 Å². The van der Waals surface area contributed by atoms with E-state index in [1.165, 1.54) is 18.1 Å². The second-order valence-electron chi connectivity index (χ2n) is 7.48. The van der Waals surface area contributed by atoms with Gasteiger partial charge in [0.1, 0.15) is 18.0 Å². The molecule has 4 rings (SSSR count). The Morgan fingerprint density at radius 3 is 2.64 bits per heavy atom. The largest absolute Gasteiger partial charge is 0.444 e. The zero-order valence-corrected chi connectivity index (χ0v) is 17.9. The van der Waals surface area contributed by atoms with Crippen LogP contribution in [0.25, 0.3) is 11.3 Å². The predicted octanol–water partition coefficient (Wildman–Crippen LogP) is 1.73. The number of cyclic esters (lactones) is 1. The highest BCUT2D eigenvalue weighted by Crippen LogP contribution is 2.37. The molecular weight excluding hydrogens is 447 g/mol. The van der Waals surface area contributed by atoms with Crippen LogP contribution < -0.4 is 15.5 Å². The van der Waals surface area contributed by atoms with Crippen LogP contribution >= 0.6 is 0 Å². The minimum Gasteiger partial charge on any atom is -0.444 e. The van der Waals surface area contributed by atoms with Gasteiger partial charge in [-0.1, -0.05) is 0 Å². The number of ether oxygens (including phenoxy) is 3.